The molecule has 2 aromatic heterocycles. The number of aromatic amines is 1. The van der Waals surface area contributed by atoms with Crippen LogP contribution >= 0.6 is 0 Å². The number of carbonyl (C=O) groups excluding carboxylic acids is 1. The maximum absolute atomic E-state index is 13.0. The summed E-state index contributed by atoms with van der Waals surface area (Å²) < 4.78 is 5.24. The number of aryl methyl sites for hydroxylation is 1. The summed E-state index contributed by atoms with van der Waals surface area (Å²) >= 11 is 0. The number of methoxy groups -OCH3 is 1. The lowest BCUT2D eigenvalue weighted by molar-refractivity contribution is 0.0941. The van der Waals surface area contributed by atoms with E-state index in [0.29, 0.717) is 17.3 Å². The summed E-state index contributed by atoms with van der Waals surface area (Å²) in [5.41, 5.74) is 2.78. The van der Waals surface area contributed by atoms with E-state index in [2.05, 4.69) is 20.3 Å². The topological polar surface area (TPSA) is 97.0 Å². The van der Waals surface area contributed by atoms with Crippen LogP contribution in [0, 0.1) is 6.92 Å². The molecule has 2 heterocycles. The van der Waals surface area contributed by atoms with Gasteiger partial charge in [-0.25, -0.2) is 4.98 Å². The van der Waals surface area contributed by atoms with E-state index >= 15 is 0 Å². The Morgan fingerprint density at radius 2 is 1.66 bits per heavy atom. The highest BCUT2D eigenvalue weighted by atomic mass is 16.5. The monoisotopic (exact) mass is 426 g/mol. The third-order valence-electron chi connectivity index (χ3n) is 5.09. The molecule has 0 aliphatic carbocycles. The second-order valence-corrected chi connectivity index (χ2v) is 7.28. The van der Waals surface area contributed by atoms with Crippen molar-refractivity contribution in [2.45, 2.75) is 13.0 Å². The Labute approximate surface area is 185 Å². The lowest BCUT2D eigenvalue weighted by Gasteiger charge is -2.20. The van der Waals surface area contributed by atoms with Crippen LogP contribution in [-0.4, -0.2) is 28.0 Å². The molecule has 1 unspecified atom stereocenters. The highest BCUT2D eigenvalue weighted by molar-refractivity contribution is 5.94. The Morgan fingerprint density at radius 3 is 2.25 bits per heavy atom. The van der Waals surface area contributed by atoms with Crippen LogP contribution in [-0.2, 0) is 0 Å². The predicted molar refractivity (Wildman–Crippen MR) is 122 cm³/mol. The van der Waals surface area contributed by atoms with Crippen molar-refractivity contribution in [1.82, 2.24) is 20.3 Å². The highest BCUT2D eigenvalue weighted by Gasteiger charge is 2.20. The van der Waals surface area contributed by atoms with Gasteiger partial charge in [0, 0.05) is 12.4 Å². The molecule has 1 atom stereocenters. The van der Waals surface area contributed by atoms with Crippen molar-refractivity contribution < 1.29 is 9.53 Å². The van der Waals surface area contributed by atoms with Gasteiger partial charge in [-0.15, -0.1) is 0 Å². The van der Waals surface area contributed by atoms with E-state index in [1.54, 1.807) is 31.5 Å². The van der Waals surface area contributed by atoms with E-state index in [9.17, 15) is 9.59 Å². The van der Waals surface area contributed by atoms with Gasteiger partial charge in [-0.3, -0.25) is 14.6 Å². The summed E-state index contributed by atoms with van der Waals surface area (Å²) in [5.74, 6) is 0.499. The number of nitrogens with one attached hydrogen (secondary N) is 2. The van der Waals surface area contributed by atoms with Crippen molar-refractivity contribution in [2.24, 2.45) is 0 Å². The first-order valence-electron chi connectivity index (χ1n) is 10.1. The van der Waals surface area contributed by atoms with Crippen LogP contribution in [0.4, 0.5) is 0 Å². The molecular formula is C25H22N4O3. The fraction of sp³-hybridized carbons (Fsp3) is 0.120. The van der Waals surface area contributed by atoms with Crippen LogP contribution in [0.5, 0.6) is 5.75 Å². The smallest absolute Gasteiger partial charge is 0.264 e. The first kappa shape index (κ1) is 21.0. The summed E-state index contributed by atoms with van der Waals surface area (Å²) in [4.78, 5) is 36.7. The molecule has 32 heavy (non-hydrogen) atoms. The van der Waals surface area contributed by atoms with Gasteiger partial charge in [-0.2, -0.15) is 0 Å². The molecule has 7 heteroatoms. The van der Waals surface area contributed by atoms with Gasteiger partial charge in [0.2, 0.25) is 0 Å². The molecule has 0 aliphatic rings. The minimum absolute atomic E-state index is 0.0738. The molecule has 0 spiro atoms. The molecule has 2 N–H and O–H groups in total. The maximum Gasteiger partial charge on any atom is 0.264 e. The fourth-order valence-corrected chi connectivity index (χ4v) is 3.31. The summed E-state index contributed by atoms with van der Waals surface area (Å²) in [7, 11) is 1.60. The van der Waals surface area contributed by atoms with Gasteiger partial charge in [-0.1, -0.05) is 48.0 Å². The molecule has 0 radical (unpaired) electrons. The van der Waals surface area contributed by atoms with Crippen LogP contribution in [0.2, 0.25) is 0 Å². The third kappa shape index (κ3) is 4.57. The number of carbonyl (C=O) groups is 1. The number of H-pyrrole nitrogens is 1. The Balaban J connectivity index is 1.65. The second kappa shape index (κ2) is 9.26. The first-order valence-corrected chi connectivity index (χ1v) is 10.1. The zero-order valence-electron chi connectivity index (χ0n) is 17.7. The zero-order chi connectivity index (χ0) is 22.5. The zero-order valence-corrected chi connectivity index (χ0v) is 17.7. The van der Waals surface area contributed by atoms with E-state index < -0.39 is 17.5 Å². The van der Waals surface area contributed by atoms with Crippen molar-refractivity contribution >= 4 is 5.91 Å². The summed E-state index contributed by atoms with van der Waals surface area (Å²) in [6, 6.07) is 20.1. The molecule has 1 amide bonds. The van der Waals surface area contributed by atoms with Gasteiger partial charge in [0.05, 0.1) is 13.2 Å². The fourth-order valence-electron chi connectivity index (χ4n) is 3.31. The van der Waals surface area contributed by atoms with Crippen LogP contribution in [0.25, 0.3) is 11.5 Å². The lowest BCUT2D eigenvalue weighted by atomic mass is 9.97. The number of aromatic nitrogens is 3. The lowest BCUT2D eigenvalue weighted by Crippen LogP contribution is -2.33. The van der Waals surface area contributed by atoms with Gasteiger partial charge in [0.15, 0.2) is 5.82 Å². The largest absolute Gasteiger partial charge is 0.497 e. The van der Waals surface area contributed by atoms with E-state index in [-0.39, 0.29) is 5.56 Å². The van der Waals surface area contributed by atoms with Gasteiger partial charge < -0.3 is 15.0 Å². The molecule has 0 fully saturated rings. The number of nitrogens with zero attached hydrogens (tertiary/aromatic N) is 2. The maximum atomic E-state index is 13.0. The summed E-state index contributed by atoms with van der Waals surface area (Å²) in [6.45, 7) is 2.00. The number of amides is 1. The standard InChI is InChI=1S/C25H22N4O3/c1-16-6-8-17(9-7-16)22(18-10-12-19(32-2)13-11-18)28-24(30)20-15-27-23(29-25(20)31)21-5-3-4-14-26-21/h3-15,22H,1-2H3,(H,28,30)(H,27,29,31). The quantitative estimate of drug-likeness (QED) is 0.490. The number of rotatable bonds is 6. The van der Waals surface area contributed by atoms with Crippen LogP contribution in [0.3, 0.4) is 0 Å². The van der Waals surface area contributed by atoms with Gasteiger partial charge in [0.1, 0.15) is 17.0 Å². The Kier molecular flexibility index (Phi) is 6.07. The predicted octanol–water partition coefficient (Wildman–Crippen LogP) is 3.67. The number of ether oxygens (including phenoxy) is 1. The molecule has 7 nitrogen and oxygen atoms in total. The molecule has 0 saturated heterocycles. The minimum atomic E-state index is -0.532. The molecule has 0 aliphatic heterocycles. The molecule has 4 rings (SSSR count). The molecule has 2 aromatic carbocycles. The normalized spacial score (nSPS) is 11.6. The Hall–Kier alpha value is -4.26. The van der Waals surface area contributed by atoms with Crippen molar-refractivity contribution in [3.05, 3.63) is 112 Å². The number of pyridine rings is 1. The average Bonchev–Trinajstić information content (AvgIpc) is 2.83. The minimum Gasteiger partial charge on any atom is -0.497 e. The Morgan fingerprint density at radius 1 is 0.969 bits per heavy atom. The Bertz CT molecular complexity index is 1270. The third-order valence-corrected chi connectivity index (χ3v) is 5.09. The SMILES string of the molecule is COc1ccc(C(NC(=O)c2cnc(-c3ccccn3)[nH]c2=O)c2ccc(C)cc2)cc1. The van der Waals surface area contributed by atoms with E-state index in [1.165, 1.54) is 6.20 Å². The first-order chi connectivity index (χ1) is 15.5. The average molecular weight is 426 g/mol. The van der Waals surface area contributed by atoms with Gasteiger partial charge >= 0.3 is 0 Å². The van der Waals surface area contributed by atoms with Gasteiger partial charge in [0.25, 0.3) is 11.5 Å². The van der Waals surface area contributed by atoms with Crippen molar-refractivity contribution in [1.29, 1.82) is 0 Å². The molecule has 4 aromatic rings. The summed E-state index contributed by atoms with van der Waals surface area (Å²) in [5, 5.41) is 2.97. The number of benzene rings is 2. The van der Waals surface area contributed by atoms with E-state index in [1.807, 2.05) is 55.5 Å². The number of hydrogen-bond acceptors (Lipinski definition) is 5. The molecule has 0 saturated carbocycles. The molecular weight excluding hydrogens is 404 g/mol. The molecule has 160 valence electrons. The van der Waals surface area contributed by atoms with Crippen LogP contribution in [0.15, 0.2) is 83.9 Å². The summed E-state index contributed by atoms with van der Waals surface area (Å²) in [6.07, 6.45) is 2.88. The van der Waals surface area contributed by atoms with Crippen LogP contribution in [0.1, 0.15) is 33.1 Å². The molecule has 0 bridgehead atoms. The van der Waals surface area contributed by atoms with Crippen molar-refractivity contribution in [3.8, 4) is 17.3 Å². The van der Waals surface area contributed by atoms with Crippen molar-refractivity contribution in [2.75, 3.05) is 7.11 Å². The van der Waals surface area contributed by atoms with E-state index in [4.69, 9.17) is 4.74 Å². The van der Waals surface area contributed by atoms with Gasteiger partial charge in [-0.05, 0) is 42.3 Å². The second-order valence-electron chi connectivity index (χ2n) is 7.28. The number of hydrogen-bond donors (Lipinski definition) is 2. The van der Waals surface area contributed by atoms with Crippen molar-refractivity contribution in [3.63, 3.8) is 0 Å². The van der Waals surface area contributed by atoms with Crippen LogP contribution < -0.4 is 15.6 Å². The van der Waals surface area contributed by atoms with E-state index in [0.717, 1.165) is 16.7 Å². The highest BCUT2D eigenvalue weighted by Crippen LogP contribution is 2.25.